The first-order valence-corrected chi connectivity index (χ1v) is 18.8. The van der Waals surface area contributed by atoms with Gasteiger partial charge in [-0.2, -0.15) is 42.0 Å². The van der Waals surface area contributed by atoms with Crippen LogP contribution in [0.4, 0.5) is 34.6 Å². The van der Waals surface area contributed by atoms with E-state index in [2.05, 4.69) is 35.8 Å². The maximum Gasteiger partial charge on any atom is 0.295 e. The number of aromatic nitrogens is 3. The lowest BCUT2D eigenvalue weighted by Crippen LogP contribution is -2.06. The van der Waals surface area contributed by atoms with Crippen molar-refractivity contribution in [1.82, 2.24) is 15.0 Å². The lowest BCUT2D eigenvalue weighted by molar-refractivity contribution is 0.481. The highest BCUT2D eigenvalue weighted by Crippen LogP contribution is 2.34. The minimum atomic E-state index is -4.81. The van der Waals surface area contributed by atoms with Crippen LogP contribution in [0.2, 0.25) is 5.28 Å². The molecule has 250 valence electrons. The SMILES string of the molecule is CCCS(=O)(=O)c1ccc(Nc2nc(Cl)nc(Nc3ccc(N=Nc4cc(S(=O)(=O)O)c5cccc(S(=O)(=O)O)c5c4)c(C)c3)n2)cc1. The van der Waals surface area contributed by atoms with Gasteiger partial charge in [0.25, 0.3) is 20.2 Å². The highest BCUT2D eigenvalue weighted by molar-refractivity contribution is 7.91. The van der Waals surface area contributed by atoms with Crippen molar-refractivity contribution in [1.29, 1.82) is 0 Å². The van der Waals surface area contributed by atoms with E-state index in [1.165, 1.54) is 30.3 Å². The molecule has 4 N–H and O–H groups in total. The molecule has 0 amide bonds. The Morgan fingerprint density at radius 1 is 0.729 bits per heavy atom. The third kappa shape index (κ3) is 8.09. The van der Waals surface area contributed by atoms with Crippen LogP contribution in [-0.2, 0) is 30.1 Å². The molecular weight excluding hydrogens is 706 g/mol. The maximum absolute atomic E-state index is 12.3. The zero-order valence-electron chi connectivity index (χ0n) is 25.0. The molecule has 1 aromatic heterocycles. The van der Waals surface area contributed by atoms with Crippen LogP contribution in [0.25, 0.3) is 10.8 Å². The fourth-order valence-corrected chi connectivity index (χ4v) is 7.52. The fourth-order valence-electron chi connectivity index (χ4n) is 4.61. The monoisotopic (exact) mass is 731 g/mol. The normalized spacial score (nSPS) is 12.4. The second kappa shape index (κ2) is 13.5. The number of nitrogens with one attached hydrogen (secondary N) is 2. The predicted octanol–water partition coefficient (Wildman–Crippen LogP) is 6.57. The predicted molar refractivity (Wildman–Crippen MR) is 179 cm³/mol. The van der Waals surface area contributed by atoms with Crippen LogP contribution < -0.4 is 10.6 Å². The van der Waals surface area contributed by atoms with E-state index in [1.54, 1.807) is 44.2 Å². The van der Waals surface area contributed by atoms with Gasteiger partial charge in [-0.1, -0.05) is 19.1 Å². The number of halogens is 1. The number of rotatable bonds is 11. The third-order valence-electron chi connectivity index (χ3n) is 6.74. The van der Waals surface area contributed by atoms with E-state index in [0.717, 1.165) is 12.1 Å². The van der Waals surface area contributed by atoms with E-state index < -0.39 is 39.9 Å². The zero-order valence-corrected chi connectivity index (χ0v) is 28.2. The molecule has 0 aliphatic rings. The molecule has 48 heavy (non-hydrogen) atoms. The number of hydrogen-bond acceptors (Lipinski definition) is 13. The second-order valence-corrected chi connectivity index (χ2v) is 15.5. The van der Waals surface area contributed by atoms with Crippen LogP contribution in [0, 0.1) is 6.92 Å². The van der Waals surface area contributed by atoms with Gasteiger partial charge < -0.3 is 10.6 Å². The summed E-state index contributed by atoms with van der Waals surface area (Å²) in [5, 5.41) is 13.7. The first-order chi connectivity index (χ1) is 22.5. The molecule has 0 saturated carbocycles. The van der Waals surface area contributed by atoms with E-state index in [4.69, 9.17) is 11.6 Å². The summed E-state index contributed by atoms with van der Waals surface area (Å²) in [5.41, 5.74) is 1.91. The summed E-state index contributed by atoms with van der Waals surface area (Å²) in [5.74, 6) is 0.238. The Morgan fingerprint density at radius 2 is 1.35 bits per heavy atom. The number of hydrogen-bond donors (Lipinski definition) is 4. The zero-order chi connectivity index (χ0) is 34.9. The molecular formula is C29H26ClN7O8S3. The van der Waals surface area contributed by atoms with Crippen LogP contribution in [0.5, 0.6) is 0 Å². The molecule has 1 heterocycles. The third-order valence-corrected chi connectivity index (χ3v) is 10.6. The van der Waals surface area contributed by atoms with Crippen LogP contribution in [0.15, 0.2) is 97.7 Å². The topological polar surface area (TPSA) is 230 Å². The fraction of sp³-hybridized carbons (Fsp3) is 0.138. The lowest BCUT2D eigenvalue weighted by atomic mass is 10.1. The van der Waals surface area contributed by atoms with Crippen LogP contribution in [0.3, 0.4) is 0 Å². The van der Waals surface area contributed by atoms with Crippen molar-refractivity contribution in [2.24, 2.45) is 10.2 Å². The van der Waals surface area contributed by atoms with Gasteiger partial charge in [0.05, 0.1) is 22.0 Å². The molecule has 5 rings (SSSR count). The summed E-state index contributed by atoms with van der Waals surface area (Å²) in [7, 11) is -12.9. The smallest absolute Gasteiger partial charge is 0.295 e. The van der Waals surface area contributed by atoms with Crippen LogP contribution in [-0.4, -0.2) is 55.1 Å². The van der Waals surface area contributed by atoms with E-state index in [0.29, 0.717) is 29.0 Å². The Bertz CT molecular complexity index is 2410. The Kier molecular flexibility index (Phi) is 9.77. The van der Waals surface area contributed by atoms with Crippen molar-refractivity contribution >= 4 is 87.1 Å². The largest absolute Gasteiger partial charge is 0.324 e. The average Bonchev–Trinajstić information content (AvgIpc) is 2.99. The molecule has 0 unspecified atom stereocenters. The average molecular weight is 732 g/mol. The van der Waals surface area contributed by atoms with Gasteiger partial charge in [0.1, 0.15) is 9.79 Å². The molecule has 0 fully saturated rings. The molecule has 0 radical (unpaired) electrons. The van der Waals surface area contributed by atoms with Crippen molar-refractivity contribution in [3.63, 3.8) is 0 Å². The van der Waals surface area contributed by atoms with E-state index in [9.17, 15) is 34.4 Å². The van der Waals surface area contributed by atoms with E-state index in [-0.39, 0.29) is 44.3 Å². The Morgan fingerprint density at radius 3 is 1.96 bits per heavy atom. The molecule has 5 aromatic rings. The number of sulfone groups is 1. The summed E-state index contributed by atoms with van der Waals surface area (Å²) in [4.78, 5) is 11.5. The number of azo groups is 1. The summed E-state index contributed by atoms with van der Waals surface area (Å²) < 4.78 is 92.1. The Hall–Kier alpha value is -4.59. The van der Waals surface area contributed by atoms with Gasteiger partial charge in [-0.3, -0.25) is 9.11 Å². The molecule has 0 saturated heterocycles. The van der Waals surface area contributed by atoms with Crippen LogP contribution >= 0.6 is 11.6 Å². The van der Waals surface area contributed by atoms with Gasteiger partial charge in [0, 0.05) is 22.1 Å². The standard InChI is InChI=1S/C29H26ClN7O8S3/c1-3-13-46(38,39)21-10-7-18(8-11-21)31-28-33-27(30)34-29(35-28)32-19-9-12-24(17(2)14-19)37-36-20-15-23-22(26(16-20)48(43,44)45)5-4-6-25(23)47(40,41)42/h4-12,14-16H,3,13H2,1-2H3,(H,40,41,42)(H,43,44,45)(H2,31,32,33,34,35). The quantitative estimate of drug-likeness (QED) is 0.0833. The molecule has 0 aliphatic heterocycles. The van der Waals surface area contributed by atoms with Gasteiger partial charge >= 0.3 is 0 Å². The number of benzene rings is 4. The molecule has 0 bridgehead atoms. The molecule has 0 aliphatic carbocycles. The number of fused-ring (bicyclic) bond motifs is 1. The summed E-state index contributed by atoms with van der Waals surface area (Å²) >= 11 is 6.12. The number of nitrogens with zero attached hydrogens (tertiary/aromatic N) is 5. The Labute approximate surface area is 280 Å². The minimum absolute atomic E-state index is 0.0456. The second-order valence-electron chi connectivity index (χ2n) is 10.3. The van der Waals surface area contributed by atoms with E-state index in [1.807, 2.05) is 0 Å². The van der Waals surface area contributed by atoms with E-state index >= 15 is 0 Å². The van der Waals surface area contributed by atoms with Gasteiger partial charge in [-0.25, -0.2) is 8.42 Å². The first-order valence-electron chi connectivity index (χ1n) is 13.9. The van der Waals surface area contributed by atoms with Crippen molar-refractivity contribution in [2.45, 2.75) is 35.0 Å². The molecule has 15 nitrogen and oxygen atoms in total. The molecule has 19 heteroatoms. The van der Waals surface area contributed by atoms with Gasteiger partial charge in [0.2, 0.25) is 17.2 Å². The maximum atomic E-state index is 12.3. The molecule has 0 spiro atoms. The number of anilines is 4. The molecule has 4 aromatic carbocycles. The van der Waals surface area contributed by atoms with Gasteiger partial charge in [-0.05, 0) is 91.2 Å². The summed E-state index contributed by atoms with van der Waals surface area (Å²) in [6.07, 6.45) is 0.502. The summed E-state index contributed by atoms with van der Waals surface area (Å²) in [6, 6.07) is 16.9. The highest BCUT2D eigenvalue weighted by Gasteiger charge is 2.21. The minimum Gasteiger partial charge on any atom is -0.324 e. The van der Waals surface area contributed by atoms with Gasteiger partial charge in [-0.15, -0.1) is 0 Å². The van der Waals surface area contributed by atoms with Crippen molar-refractivity contribution in [2.75, 3.05) is 16.4 Å². The highest BCUT2D eigenvalue weighted by atomic mass is 35.5. The summed E-state index contributed by atoms with van der Waals surface area (Å²) in [6.45, 7) is 3.51. The lowest BCUT2D eigenvalue weighted by Gasteiger charge is -2.10. The van der Waals surface area contributed by atoms with Gasteiger partial charge in [0.15, 0.2) is 9.84 Å². The van der Waals surface area contributed by atoms with Crippen molar-refractivity contribution in [3.05, 3.63) is 83.6 Å². The Balaban J connectivity index is 1.37. The van der Waals surface area contributed by atoms with Crippen molar-refractivity contribution in [3.8, 4) is 0 Å². The van der Waals surface area contributed by atoms with Crippen molar-refractivity contribution < 1.29 is 34.4 Å². The molecule has 0 atom stereocenters. The number of aryl methyl sites for hydroxylation is 1. The first kappa shape index (κ1) is 34.7. The van der Waals surface area contributed by atoms with Crippen LogP contribution in [0.1, 0.15) is 18.9 Å².